The number of hydrogen-bond acceptors (Lipinski definition) is 3. The van der Waals surface area contributed by atoms with Crippen LogP contribution in [0.4, 0.5) is 18.9 Å². The second-order valence-electron chi connectivity index (χ2n) is 5.87. The molecule has 1 aliphatic rings. The number of amides is 1. The van der Waals surface area contributed by atoms with Crippen LogP contribution >= 0.6 is 0 Å². The van der Waals surface area contributed by atoms with Crippen molar-refractivity contribution >= 4 is 11.6 Å². The number of nitrogens with one attached hydrogen (secondary N) is 1. The molecule has 1 fully saturated rings. The van der Waals surface area contributed by atoms with E-state index in [4.69, 9.17) is 0 Å². The van der Waals surface area contributed by atoms with Crippen molar-refractivity contribution in [3.8, 4) is 0 Å². The Balaban J connectivity index is 1.83. The average molecular weight is 330 g/mol. The first-order valence-electron chi connectivity index (χ1n) is 7.69. The molecule has 0 bridgehead atoms. The zero-order valence-electron chi connectivity index (χ0n) is 12.8. The lowest BCUT2D eigenvalue weighted by atomic mass is 9.99. The predicted octanol–water partition coefficient (Wildman–Crippen LogP) is 2.74. The number of piperidine rings is 1. The minimum atomic E-state index is -4.42. The second kappa shape index (κ2) is 7.79. The summed E-state index contributed by atoms with van der Waals surface area (Å²) in [7, 11) is 0. The molecule has 1 aromatic rings. The standard InChI is InChI=1S/C16H21F3N2O2/c17-16(18,19)13-4-1-5-14(9-13)20-15(23)6-8-21-7-2-3-12(10-21)11-22/h1,4-5,9,12,22H,2-3,6-8,10-11H2,(H,20,23). The number of nitrogens with zero attached hydrogens (tertiary/aromatic N) is 1. The first-order chi connectivity index (χ1) is 10.9. The number of likely N-dealkylation sites (tertiary alicyclic amines) is 1. The molecule has 4 nitrogen and oxygen atoms in total. The Morgan fingerprint density at radius 3 is 2.87 bits per heavy atom. The lowest BCUT2D eigenvalue weighted by Gasteiger charge is -2.31. The summed E-state index contributed by atoms with van der Waals surface area (Å²) in [6.07, 6.45) is -2.23. The number of halogens is 3. The zero-order valence-corrected chi connectivity index (χ0v) is 12.8. The Labute approximate surface area is 133 Å². The Bertz CT molecular complexity index is 534. The van der Waals surface area contributed by atoms with Crippen LogP contribution < -0.4 is 5.32 Å². The van der Waals surface area contributed by atoms with E-state index in [0.717, 1.165) is 38.1 Å². The largest absolute Gasteiger partial charge is 0.416 e. The van der Waals surface area contributed by atoms with Gasteiger partial charge in [0.2, 0.25) is 5.91 Å². The molecule has 128 valence electrons. The van der Waals surface area contributed by atoms with E-state index in [9.17, 15) is 23.1 Å². The molecule has 0 saturated carbocycles. The molecule has 2 rings (SSSR count). The van der Waals surface area contributed by atoms with Gasteiger partial charge in [-0.1, -0.05) is 6.07 Å². The van der Waals surface area contributed by atoms with Gasteiger partial charge in [-0.2, -0.15) is 13.2 Å². The van der Waals surface area contributed by atoms with Gasteiger partial charge in [0.1, 0.15) is 0 Å². The van der Waals surface area contributed by atoms with E-state index < -0.39 is 11.7 Å². The number of rotatable bonds is 5. The fraction of sp³-hybridized carbons (Fsp3) is 0.562. The van der Waals surface area contributed by atoms with Crippen LogP contribution in [0, 0.1) is 5.92 Å². The molecule has 7 heteroatoms. The van der Waals surface area contributed by atoms with Crippen LogP contribution in [0.25, 0.3) is 0 Å². The highest BCUT2D eigenvalue weighted by molar-refractivity contribution is 5.90. The number of anilines is 1. The van der Waals surface area contributed by atoms with Crippen molar-refractivity contribution in [3.05, 3.63) is 29.8 Å². The summed E-state index contributed by atoms with van der Waals surface area (Å²) in [5, 5.41) is 11.7. The molecule has 1 aromatic carbocycles. The number of benzene rings is 1. The lowest BCUT2D eigenvalue weighted by molar-refractivity contribution is -0.137. The molecule has 0 radical (unpaired) electrons. The maximum Gasteiger partial charge on any atom is 0.416 e. The van der Waals surface area contributed by atoms with E-state index in [1.165, 1.54) is 12.1 Å². The number of aliphatic hydroxyl groups is 1. The van der Waals surface area contributed by atoms with E-state index in [1.807, 2.05) is 0 Å². The van der Waals surface area contributed by atoms with Crippen molar-refractivity contribution in [1.29, 1.82) is 0 Å². The molecule has 1 unspecified atom stereocenters. The first-order valence-corrected chi connectivity index (χ1v) is 7.69. The lowest BCUT2D eigenvalue weighted by Crippen LogP contribution is -2.38. The van der Waals surface area contributed by atoms with E-state index >= 15 is 0 Å². The van der Waals surface area contributed by atoms with Gasteiger partial charge in [0, 0.05) is 31.8 Å². The van der Waals surface area contributed by atoms with Crippen LogP contribution in [-0.4, -0.2) is 42.2 Å². The predicted molar refractivity (Wildman–Crippen MR) is 80.9 cm³/mol. The molecule has 23 heavy (non-hydrogen) atoms. The Hall–Kier alpha value is -1.60. The number of carbonyl (C=O) groups is 1. The average Bonchev–Trinajstić information content (AvgIpc) is 2.52. The molecule has 1 heterocycles. The van der Waals surface area contributed by atoms with E-state index in [1.54, 1.807) is 0 Å². The molecule has 2 N–H and O–H groups in total. The Kier molecular flexibility index (Phi) is 6.01. The topological polar surface area (TPSA) is 52.6 Å². The monoisotopic (exact) mass is 330 g/mol. The van der Waals surface area contributed by atoms with Gasteiger partial charge >= 0.3 is 6.18 Å². The Morgan fingerprint density at radius 2 is 2.17 bits per heavy atom. The summed E-state index contributed by atoms with van der Waals surface area (Å²) in [6, 6.07) is 4.61. The molecule has 1 amide bonds. The highest BCUT2D eigenvalue weighted by Gasteiger charge is 2.30. The highest BCUT2D eigenvalue weighted by atomic mass is 19.4. The van der Waals surface area contributed by atoms with Gasteiger partial charge in [-0.15, -0.1) is 0 Å². The van der Waals surface area contributed by atoms with Crippen molar-refractivity contribution in [2.24, 2.45) is 5.92 Å². The second-order valence-corrected chi connectivity index (χ2v) is 5.87. The minimum absolute atomic E-state index is 0.146. The smallest absolute Gasteiger partial charge is 0.396 e. The van der Waals surface area contributed by atoms with Crippen LogP contribution in [0.5, 0.6) is 0 Å². The molecule has 1 saturated heterocycles. The van der Waals surface area contributed by atoms with Gasteiger partial charge in [-0.25, -0.2) is 0 Å². The van der Waals surface area contributed by atoms with Gasteiger partial charge < -0.3 is 15.3 Å². The fourth-order valence-corrected chi connectivity index (χ4v) is 2.76. The summed E-state index contributed by atoms with van der Waals surface area (Å²) in [5.74, 6) is -0.0641. The SMILES string of the molecule is O=C(CCN1CCCC(CO)C1)Nc1cccc(C(F)(F)F)c1. The van der Waals surface area contributed by atoms with Crippen LogP contribution in [0.1, 0.15) is 24.8 Å². The third-order valence-electron chi connectivity index (χ3n) is 3.99. The van der Waals surface area contributed by atoms with Crippen LogP contribution in [0.15, 0.2) is 24.3 Å². The van der Waals surface area contributed by atoms with Crippen molar-refractivity contribution in [1.82, 2.24) is 4.90 Å². The van der Waals surface area contributed by atoms with Gasteiger partial charge in [-0.3, -0.25) is 4.79 Å². The van der Waals surface area contributed by atoms with Gasteiger partial charge in [-0.05, 0) is 43.5 Å². The molecule has 0 aliphatic carbocycles. The minimum Gasteiger partial charge on any atom is -0.396 e. The third-order valence-corrected chi connectivity index (χ3v) is 3.99. The van der Waals surface area contributed by atoms with E-state index in [2.05, 4.69) is 10.2 Å². The first kappa shape index (κ1) is 17.7. The normalized spacial score (nSPS) is 19.6. The van der Waals surface area contributed by atoms with Crippen molar-refractivity contribution in [2.45, 2.75) is 25.4 Å². The van der Waals surface area contributed by atoms with Gasteiger partial charge in [0.25, 0.3) is 0 Å². The van der Waals surface area contributed by atoms with Crippen molar-refractivity contribution in [3.63, 3.8) is 0 Å². The summed E-state index contributed by atoms with van der Waals surface area (Å²) in [5.41, 5.74) is -0.631. The zero-order chi connectivity index (χ0) is 16.9. The summed E-state index contributed by atoms with van der Waals surface area (Å²) in [6.45, 7) is 2.33. The molecule has 1 aliphatic heterocycles. The number of carbonyl (C=O) groups excluding carboxylic acids is 1. The third kappa shape index (κ3) is 5.51. The van der Waals surface area contributed by atoms with Crippen molar-refractivity contribution < 1.29 is 23.1 Å². The number of hydrogen-bond donors (Lipinski definition) is 2. The highest BCUT2D eigenvalue weighted by Crippen LogP contribution is 2.30. The molecule has 1 atom stereocenters. The fourth-order valence-electron chi connectivity index (χ4n) is 2.76. The maximum absolute atomic E-state index is 12.6. The summed E-state index contributed by atoms with van der Waals surface area (Å²) in [4.78, 5) is 14.0. The van der Waals surface area contributed by atoms with Crippen LogP contribution in [-0.2, 0) is 11.0 Å². The Morgan fingerprint density at radius 1 is 1.39 bits per heavy atom. The maximum atomic E-state index is 12.6. The van der Waals surface area contributed by atoms with E-state index in [0.29, 0.717) is 6.54 Å². The summed E-state index contributed by atoms with van der Waals surface area (Å²) < 4.78 is 37.9. The van der Waals surface area contributed by atoms with E-state index in [-0.39, 0.29) is 30.5 Å². The molecule has 0 spiro atoms. The molecule has 0 aromatic heterocycles. The molecular formula is C16H21F3N2O2. The van der Waals surface area contributed by atoms with Crippen LogP contribution in [0.3, 0.4) is 0 Å². The van der Waals surface area contributed by atoms with Crippen LogP contribution in [0.2, 0.25) is 0 Å². The van der Waals surface area contributed by atoms with Gasteiger partial charge in [0.05, 0.1) is 5.56 Å². The molecular weight excluding hydrogens is 309 g/mol. The van der Waals surface area contributed by atoms with Crippen molar-refractivity contribution in [2.75, 3.05) is 31.6 Å². The van der Waals surface area contributed by atoms with Gasteiger partial charge in [0.15, 0.2) is 0 Å². The number of aliphatic hydroxyl groups excluding tert-OH is 1. The summed E-state index contributed by atoms with van der Waals surface area (Å²) >= 11 is 0. The number of alkyl halides is 3. The quantitative estimate of drug-likeness (QED) is 0.873.